The lowest BCUT2D eigenvalue weighted by Gasteiger charge is -2.16. The maximum atomic E-state index is 11.7. The first-order chi connectivity index (χ1) is 8.55. The Morgan fingerprint density at radius 1 is 1.11 bits per heavy atom. The fraction of sp³-hybridized carbons (Fsp3) is 0.667. The van der Waals surface area contributed by atoms with Crippen LogP contribution in [0.5, 0.6) is 0 Å². The van der Waals surface area contributed by atoms with Crippen LogP contribution in [-0.2, 0) is 18.9 Å². The van der Waals surface area contributed by atoms with E-state index in [2.05, 4.69) is 0 Å². The van der Waals surface area contributed by atoms with Crippen LogP contribution in [0, 0.1) is 5.92 Å². The van der Waals surface area contributed by atoms with Gasteiger partial charge in [0.1, 0.15) is 6.04 Å². The van der Waals surface area contributed by atoms with Gasteiger partial charge in [0.15, 0.2) is 0 Å². The zero-order valence-corrected chi connectivity index (χ0v) is 10.8. The van der Waals surface area contributed by atoms with Crippen LogP contribution in [0.15, 0.2) is 0 Å². The summed E-state index contributed by atoms with van der Waals surface area (Å²) in [4.78, 5) is 41.1. The highest BCUT2D eigenvalue weighted by Crippen LogP contribution is 2.44. The summed E-state index contributed by atoms with van der Waals surface area (Å²) in [6.07, 6.45) is -2.25. The van der Waals surface area contributed by atoms with Crippen LogP contribution in [0.1, 0.15) is 12.8 Å². The third kappa shape index (κ3) is 7.55. The second-order valence-corrected chi connectivity index (χ2v) is 6.62. The van der Waals surface area contributed by atoms with Crippen LogP contribution in [-0.4, -0.2) is 56.5 Å². The highest BCUT2D eigenvalue weighted by Gasteiger charge is 2.31. The molecule has 0 bridgehead atoms. The number of aliphatic carboxylic acids is 3. The molecule has 0 saturated heterocycles. The summed E-state index contributed by atoms with van der Waals surface area (Å²) in [5.74, 6) is -5.71. The van der Waals surface area contributed by atoms with E-state index in [0.717, 1.165) is 0 Å². The second-order valence-electron chi connectivity index (χ2n) is 4.12. The summed E-state index contributed by atoms with van der Waals surface area (Å²) >= 11 is 0. The summed E-state index contributed by atoms with van der Waals surface area (Å²) in [7, 11) is -3.94. The molecule has 6 N–H and O–H groups in total. The molecule has 10 heteroatoms. The molecule has 0 aromatic rings. The number of hydrogen-bond donors (Lipinski definition) is 5. The molecule has 0 aromatic carbocycles. The van der Waals surface area contributed by atoms with Crippen LogP contribution in [0.2, 0.25) is 0 Å². The van der Waals surface area contributed by atoms with Gasteiger partial charge in [0.25, 0.3) is 0 Å². The highest BCUT2D eigenvalue weighted by molar-refractivity contribution is 7.58. The SMILES string of the molecule is N[C@@H](CCP(=O)(O)CC(CC(=O)O)C(=O)O)C(=O)O. The molecule has 2 unspecified atom stereocenters. The van der Waals surface area contributed by atoms with Crippen molar-refractivity contribution >= 4 is 25.3 Å². The minimum absolute atomic E-state index is 0.289. The van der Waals surface area contributed by atoms with Gasteiger partial charge in [0.2, 0.25) is 7.37 Å². The first-order valence-corrected chi connectivity index (χ1v) is 7.32. The molecule has 0 rings (SSSR count). The Bertz CT molecular complexity index is 409. The molecule has 0 heterocycles. The topological polar surface area (TPSA) is 175 Å². The molecule has 0 spiro atoms. The number of carbonyl (C=O) groups is 3. The lowest BCUT2D eigenvalue weighted by Crippen LogP contribution is -2.31. The number of carboxylic acid groups (broad SMARTS) is 3. The molecular weight excluding hydrogens is 281 g/mol. The van der Waals surface area contributed by atoms with E-state index in [-0.39, 0.29) is 6.42 Å². The molecule has 110 valence electrons. The molecule has 0 radical (unpaired) electrons. The minimum atomic E-state index is -3.94. The molecule has 9 nitrogen and oxygen atoms in total. The maximum Gasteiger partial charge on any atom is 0.320 e. The molecule has 0 amide bonds. The highest BCUT2D eigenvalue weighted by atomic mass is 31.2. The Labute approximate surface area is 108 Å². The van der Waals surface area contributed by atoms with Crippen molar-refractivity contribution < 1.29 is 39.2 Å². The molecule has 0 aromatic heterocycles. The molecule has 19 heavy (non-hydrogen) atoms. The quantitative estimate of drug-likeness (QED) is 0.342. The van der Waals surface area contributed by atoms with Gasteiger partial charge < -0.3 is 25.9 Å². The fourth-order valence-electron chi connectivity index (χ4n) is 1.34. The van der Waals surface area contributed by atoms with E-state index in [1.807, 2.05) is 0 Å². The van der Waals surface area contributed by atoms with Crippen LogP contribution >= 0.6 is 7.37 Å². The van der Waals surface area contributed by atoms with E-state index >= 15 is 0 Å². The Morgan fingerprint density at radius 2 is 1.63 bits per heavy atom. The summed E-state index contributed by atoms with van der Waals surface area (Å²) < 4.78 is 11.7. The largest absolute Gasteiger partial charge is 0.481 e. The van der Waals surface area contributed by atoms with Gasteiger partial charge in [-0.25, -0.2) is 0 Å². The number of nitrogens with two attached hydrogens (primary N) is 1. The Hall–Kier alpha value is -1.44. The summed E-state index contributed by atoms with van der Waals surface area (Å²) in [6.45, 7) is 0. The molecule has 0 aliphatic heterocycles. The van der Waals surface area contributed by atoms with E-state index < -0.39 is 56.0 Å². The van der Waals surface area contributed by atoms with Gasteiger partial charge in [0, 0.05) is 12.3 Å². The Balaban J connectivity index is 4.55. The van der Waals surface area contributed by atoms with Crippen molar-refractivity contribution in [3.63, 3.8) is 0 Å². The number of hydrogen-bond acceptors (Lipinski definition) is 5. The van der Waals surface area contributed by atoms with Crippen LogP contribution < -0.4 is 5.73 Å². The van der Waals surface area contributed by atoms with Gasteiger partial charge in [-0.15, -0.1) is 0 Å². The maximum absolute atomic E-state index is 11.7. The third-order valence-corrected chi connectivity index (χ3v) is 4.35. The minimum Gasteiger partial charge on any atom is -0.481 e. The van der Waals surface area contributed by atoms with E-state index in [1.165, 1.54) is 0 Å². The summed E-state index contributed by atoms with van der Waals surface area (Å²) in [5.41, 5.74) is 5.15. The van der Waals surface area contributed by atoms with Crippen LogP contribution in [0.4, 0.5) is 0 Å². The third-order valence-electron chi connectivity index (χ3n) is 2.38. The Morgan fingerprint density at radius 3 is 2.00 bits per heavy atom. The van der Waals surface area contributed by atoms with E-state index in [9.17, 15) is 23.8 Å². The smallest absolute Gasteiger partial charge is 0.320 e. The first-order valence-electron chi connectivity index (χ1n) is 5.29. The molecule has 0 aliphatic carbocycles. The van der Waals surface area contributed by atoms with Gasteiger partial charge in [-0.3, -0.25) is 18.9 Å². The van der Waals surface area contributed by atoms with E-state index in [0.29, 0.717) is 0 Å². The van der Waals surface area contributed by atoms with Crippen LogP contribution in [0.25, 0.3) is 0 Å². The predicted octanol–water partition coefficient (Wildman–Crippen LogP) is -0.766. The number of rotatable bonds is 9. The monoisotopic (exact) mass is 297 g/mol. The predicted molar refractivity (Wildman–Crippen MR) is 63.2 cm³/mol. The zero-order valence-electron chi connectivity index (χ0n) is 9.93. The van der Waals surface area contributed by atoms with Crippen molar-refractivity contribution in [1.82, 2.24) is 0 Å². The van der Waals surface area contributed by atoms with Crippen molar-refractivity contribution in [3.05, 3.63) is 0 Å². The van der Waals surface area contributed by atoms with Crippen molar-refractivity contribution in [1.29, 1.82) is 0 Å². The van der Waals surface area contributed by atoms with Crippen molar-refractivity contribution in [2.24, 2.45) is 11.7 Å². The standard InChI is InChI=1S/C9H16NO8P/c10-6(9(15)16)1-2-19(17,18)4-5(8(13)14)3-7(11)12/h5-6H,1-4,10H2,(H,11,12)(H,13,14)(H,15,16)(H,17,18)/t5?,6-/m0/s1. The summed E-state index contributed by atoms with van der Waals surface area (Å²) in [6, 6.07) is -1.32. The van der Waals surface area contributed by atoms with E-state index in [4.69, 9.17) is 21.1 Å². The molecule has 0 fully saturated rings. The van der Waals surface area contributed by atoms with Gasteiger partial charge in [-0.05, 0) is 6.42 Å². The van der Waals surface area contributed by atoms with Crippen LogP contribution in [0.3, 0.4) is 0 Å². The molecule has 0 saturated carbocycles. The molecule has 3 atom stereocenters. The van der Waals surface area contributed by atoms with E-state index in [1.54, 1.807) is 0 Å². The van der Waals surface area contributed by atoms with Gasteiger partial charge >= 0.3 is 17.9 Å². The molecular formula is C9H16NO8P. The molecule has 0 aliphatic rings. The lowest BCUT2D eigenvalue weighted by atomic mass is 10.1. The average Bonchev–Trinajstić information content (AvgIpc) is 2.23. The van der Waals surface area contributed by atoms with Gasteiger partial charge in [-0.1, -0.05) is 0 Å². The average molecular weight is 297 g/mol. The lowest BCUT2D eigenvalue weighted by molar-refractivity contribution is -0.147. The number of carboxylic acids is 3. The second kappa shape index (κ2) is 7.22. The fourth-order valence-corrected chi connectivity index (χ4v) is 3.18. The van der Waals surface area contributed by atoms with Crippen molar-refractivity contribution in [3.8, 4) is 0 Å². The van der Waals surface area contributed by atoms with Gasteiger partial charge in [-0.2, -0.15) is 0 Å². The Kier molecular flexibility index (Phi) is 6.68. The van der Waals surface area contributed by atoms with Gasteiger partial charge in [0.05, 0.1) is 12.3 Å². The van der Waals surface area contributed by atoms with Crippen molar-refractivity contribution in [2.45, 2.75) is 18.9 Å². The summed E-state index contributed by atoms with van der Waals surface area (Å²) in [5, 5.41) is 25.7. The van der Waals surface area contributed by atoms with Crippen molar-refractivity contribution in [2.75, 3.05) is 12.3 Å². The zero-order chi connectivity index (χ0) is 15.2. The normalized spacial score (nSPS) is 17.2. The first kappa shape index (κ1) is 17.6.